The molecule has 0 N–H and O–H groups in total. The predicted molar refractivity (Wildman–Crippen MR) is 46.0 cm³/mol. The van der Waals surface area contributed by atoms with Gasteiger partial charge in [0.15, 0.2) is 0 Å². The molecule has 3 heterocycles. The highest BCUT2D eigenvalue weighted by atomic mass is 16.8. The Hall–Kier alpha value is -0.240. The van der Waals surface area contributed by atoms with Crippen LogP contribution in [-0.4, -0.2) is 58.0 Å². The summed E-state index contributed by atoms with van der Waals surface area (Å²) in [6.07, 6.45) is -0.337. The van der Waals surface area contributed by atoms with Gasteiger partial charge in [0.05, 0.1) is 13.2 Å². The summed E-state index contributed by atoms with van der Waals surface area (Å²) in [5.74, 6) is 0. The van der Waals surface area contributed by atoms with E-state index in [9.17, 15) is 0 Å². The average Bonchev–Trinajstić information content (AvgIpc) is 2.82. The molecule has 6 nitrogen and oxygen atoms in total. The highest BCUT2D eigenvalue weighted by Crippen LogP contribution is 2.26. The van der Waals surface area contributed by atoms with Crippen molar-refractivity contribution in [3.63, 3.8) is 0 Å². The standard InChI is InChI=1S/C9H14O6/c1-6(12-3-10-1)9-8-7(13-5-15-9)2-11-4-14-8/h6-9H,1-5H2/t6-,7+,8-,9+/m0/s1. The van der Waals surface area contributed by atoms with Gasteiger partial charge in [-0.15, -0.1) is 0 Å². The fourth-order valence-corrected chi connectivity index (χ4v) is 2.10. The molecule has 0 unspecified atom stereocenters. The number of rotatable bonds is 1. The molecule has 3 saturated heterocycles. The average molecular weight is 218 g/mol. The van der Waals surface area contributed by atoms with E-state index in [4.69, 9.17) is 28.4 Å². The molecule has 3 fully saturated rings. The highest BCUT2D eigenvalue weighted by Gasteiger charge is 2.44. The number of hydrogen-bond acceptors (Lipinski definition) is 6. The van der Waals surface area contributed by atoms with Crippen LogP contribution in [0.25, 0.3) is 0 Å². The van der Waals surface area contributed by atoms with Gasteiger partial charge in [0.25, 0.3) is 0 Å². The third kappa shape index (κ3) is 1.89. The molecule has 0 spiro atoms. The summed E-state index contributed by atoms with van der Waals surface area (Å²) >= 11 is 0. The lowest BCUT2D eigenvalue weighted by Crippen LogP contribution is -2.57. The van der Waals surface area contributed by atoms with Crippen LogP contribution in [0, 0.1) is 0 Å². The van der Waals surface area contributed by atoms with Crippen LogP contribution in [0.2, 0.25) is 0 Å². The Balaban J connectivity index is 1.69. The van der Waals surface area contributed by atoms with Crippen molar-refractivity contribution in [1.29, 1.82) is 0 Å². The normalized spacial score (nSPS) is 46.4. The quantitative estimate of drug-likeness (QED) is 0.590. The summed E-state index contributed by atoms with van der Waals surface area (Å²) < 4.78 is 32.2. The smallest absolute Gasteiger partial charge is 0.147 e. The second kappa shape index (κ2) is 4.32. The van der Waals surface area contributed by atoms with E-state index in [1.807, 2.05) is 0 Å². The second-order valence-corrected chi connectivity index (χ2v) is 3.77. The molecule has 3 rings (SSSR count). The van der Waals surface area contributed by atoms with E-state index >= 15 is 0 Å². The van der Waals surface area contributed by atoms with Crippen LogP contribution in [0.3, 0.4) is 0 Å². The summed E-state index contributed by atoms with van der Waals surface area (Å²) in [6, 6.07) is 0. The molecule has 0 aromatic rings. The van der Waals surface area contributed by atoms with E-state index < -0.39 is 0 Å². The first-order valence-corrected chi connectivity index (χ1v) is 5.07. The van der Waals surface area contributed by atoms with Crippen molar-refractivity contribution in [2.24, 2.45) is 0 Å². The molecule has 0 bridgehead atoms. The van der Waals surface area contributed by atoms with Crippen molar-refractivity contribution in [3.05, 3.63) is 0 Å². The first kappa shape index (κ1) is 9.95. The largest absolute Gasteiger partial charge is 0.353 e. The van der Waals surface area contributed by atoms with E-state index in [1.165, 1.54) is 0 Å². The number of hydrogen-bond donors (Lipinski definition) is 0. The molecule has 4 atom stereocenters. The SMILES string of the molecule is C1OC[C@H]2OCO[C@H]([C@@H]3COCO3)[C@H]2O1. The fraction of sp³-hybridized carbons (Fsp3) is 1.00. The van der Waals surface area contributed by atoms with Crippen molar-refractivity contribution in [3.8, 4) is 0 Å². The minimum atomic E-state index is -0.116. The maximum absolute atomic E-state index is 5.52. The molecule has 0 amide bonds. The number of ether oxygens (including phenoxy) is 6. The Labute approximate surface area is 87.3 Å². The topological polar surface area (TPSA) is 55.4 Å². The maximum atomic E-state index is 5.52. The minimum Gasteiger partial charge on any atom is -0.353 e. The van der Waals surface area contributed by atoms with Crippen LogP contribution in [0.4, 0.5) is 0 Å². The van der Waals surface area contributed by atoms with E-state index in [0.29, 0.717) is 20.0 Å². The molecule has 0 saturated carbocycles. The van der Waals surface area contributed by atoms with Crippen LogP contribution in [0.15, 0.2) is 0 Å². The van der Waals surface area contributed by atoms with Gasteiger partial charge in [0.1, 0.15) is 44.8 Å². The van der Waals surface area contributed by atoms with Crippen molar-refractivity contribution < 1.29 is 28.4 Å². The molecular formula is C9H14O6. The molecule has 3 aliphatic rings. The van der Waals surface area contributed by atoms with Gasteiger partial charge in [-0.05, 0) is 0 Å². The minimum absolute atomic E-state index is 0.0540. The van der Waals surface area contributed by atoms with Crippen molar-refractivity contribution >= 4 is 0 Å². The van der Waals surface area contributed by atoms with Gasteiger partial charge in [-0.3, -0.25) is 0 Å². The monoisotopic (exact) mass is 218 g/mol. The van der Waals surface area contributed by atoms with Gasteiger partial charge in [-0.2, -0.15) is 0 Å². The summed E-state index contributed by atoms with van der Waals surface area (Å²) in [4.78, 5) is 0. The predicted octanol–water partition coefficient (Wildman–Crippen LogP) is -0.526. The van der Waals surface area contributed by atoms with Crippen LogP contribution >= 0.6 is 0 Å². The summed E-state index contributed by atoms with van der Waals surface area (Å²) in [6.45, 7) is 1.99. The Bertz CT molecular complexity index is 215. The molecular weight excluding hydrogens is 204 g/mol. The third-order valence-corrected chi connectivity index (χ3v) is 2.87. The Kier molecular flexibility index (Phi) is 2.87. The Morgan fingerprint density at radius 2 is 1.13 bits per heavy atom. The first-order chi connectivity index (χ1) is 7.45. The molecule has 6 heteroatoms. The van der Waals surface area contributed by atoms with Crippen molar-refractivity contribution in [1.82, 2.24) is 0 Å². The number of fused-ring (bicyclic) bond motifs is 1. The van der Waals surface area contributed by atoms with Gasteiger partial charge in [0.2, 0.25) is 0 Å². The van der Waals surface area contributed by atoms with E-state index in [2.05, 4.69) is 0 Å². The van der Waals surface area contributed by atoms with E-state index in [0.717, 1.165) is 0 Å². The van der Waals surface area contributed by atoms with Gasteiger partial charge in [-0.25, -0.2) is 0 Å². The molecule has 0 aliphatic carbocycles. The Morgan fingerprint density at radius 1 is 0.600 bits per heavy atom. The molecule has 15 heavy (non-hydrogen) atoms. The van der Waals surface area contributed by atoms with Crippen LogP contribution in [-0.2, 0) is 28.4 Å². The lowest BCUT2D eigenvalue weighted by atomic mass is 10.0. The van der Waals surface area contributed by atoms with Gasteiger partial charge in [0, 0.05) is 0 Å². The fourth-order valence-electron chi connectivity index (χ4n) is 2.10. The van der Waals surface area contributed by atoms with Gasteiger partial charge < -0.3 is 28.4 Å². The Morgan fingerprint density at radius 3 is 1.73 bits per heavy atom. The molecule has 3 aliphatic heterocycles. The summed E-state index contributed by atoms with van der Waals surface area (Å²) in [5.41, 5.74) is 0. The van der Waals surface area contributed by atoms with E-state index in [1.54, 1.807) is 0 Å². The van der Waals surface area contributed by atoms with E-state index in [-0.39, 0.29) is 38.0 Å². The molecule has 0 aromatic heterocycles. The summed E-state index contributed by atoms with van der Waals surface area (Å²) in [5, 5.41) is 0. The molecule has 86 valence electrons. The first-order valence-electron chi connectivity index (χ1n) is 5.07. The maximum Gasteiger partial charge on any atom is 0.147 e. The molecule has 0 radical (unpaired) electrons. The van der Waals surface area contributed by atoms with Crippen LogP contribution in [0.1, 0.15) is 0 Å². The zero-order chi connectivity index (χ0) is 10.1. The van der Waals surface area contributed by atoms with Crippen molar-refractivity contribution in [2.75, 3.05) is 33.6 Å². The van der Waals surface area contributed by atoms with Gasteiger partial charge in [-0.1, -0.05) is 0 Å². The van der Waals surface area contributed by atoms with Crippen LogP contribution in [0.5, 0.6) is 0 Å². The highest BCUT2D eigenvalue weighted by molar-refractivity contribution is 4.89. The zero-order valence-electron chi connectivity index (χ0n) is 8.29. The zero-order valence-corrected chi connectivity index (χ0v) is 8.29. The van der Waals surface area contributed by atoms with Gasteiger partial charge >= 0.3 is 0 Å². The van der Waals surface area contributed by atoms with Crippen LogP contribution < -0.4 is 0 Å². The lowest BCUT2D eigenvalue weighted by molar-refractivity contribution is -0.312. The lowest BCUT2D eigenvalue weighted by Gasteiger charge is -2.41. The third-order valence-electron chi connectivity index (χ3n) is 2.87. The molecule has 0 aromatic carbocycles. The second-order valence-electron chi connectivity index (χ2n) is 3.77. The summed E-state index contributed by atoms with van der Waals surface area (Å²) in [7, 11) is 0. The van der Waals surface area contributed by atoms with Crippen molar-refractivity contribution in [2.45, 2.75) is 24.4 Å².